The molecule has 4 nitrogen and oxygen atoms in total. The summed E-state index contributed by atoms with van der Waals surface area (Å²) < 4.78 is 4.89. The summed E-state index contributed by atoms with van der Waals surface area (Å²) in [6.45, 7) is 5.83. The zero-order chi connectivity index (χ0) is 13.8. The second-order valence-corrected chi connectivity index (χ2v) is 4.61. The molecule has 1 aromatic heterocycles. The number of aryl methyl sites for hydroxylation is 2. The number of amides is 1. The topological polar surface area (TPSA) is 55.1 Å². The van der Waals surface area contributed by atoms with Crippen LogP contribution in [0.1, 0.15) is 47.3 Å². The van der Waals surface area contributed by atoms with Crippen molar-refractivity contribution < 1.29 is 9.32 Å². The fourth-order valence-electron chi connectivity index (χ4n) is 1.87. The highest BCUT2D eigenvalue weighted by Crippen LogP contribution is 2.14. The van der Waals surface area contributed by atoms with Gasteiger partial charge in [-0.25, -0.2) is 0 Å². The lowest BCUT2D eigenvalue weighted by Crippen LogP contribution is -2.26. The Morgan fingerprint density at radius 1 is 1.37 bits per heavy atom. The molecular weight excluding hydrogens is 240 g/mol. The Bertz CT molecular complexity index is 558. The Balaban J connectivity index is 2.03. The van der Waals surface area contributed by atoms with Gasteiger partial charge in [-0.1, -0.05) is 36.3 Å². The van der Waals surface area contributed by atoms with Crippen LogP contribution in [0.4, 0.5) is 0 Å². The second kappa shape index (κ2) is 5.69. The molecule has 0 radical (unpaired) electrons. The zero-order valence-corrected chi connectivity index (χ0v) is 11.4. The van der Waals surface area contributed by atoms with Crippen LogP contribution >= 0.6 is 0 Å². The molecule has 1 amide bonds. The highest BCUT2D eigenvalue weighted by atomic mass is 16.5. The van der Waals surface area contributed by atoms with E-state index in [2.05, 4.69) is 29.5 Å². The van der Waals surface area contributed by atoms with Crippen molar-refractivity contribution in [2.24, 2.45) is 0 Å². The number of aromatic nitrogens is 1. The van der Waals surface area contributed by atoms with Crippen LogP contribution in [0, 0.1) is 6.92 Å². The molecule has 1 N–H and O–H groups in total. The van der Waals surface area contributed by atoms with E-state index in [4.69, 9.17) is 4.52 Å². The molecule has 0 aliphatic rings. The Morgan fingerprint density at radius 3 is 2.58 bits per heavy atom. The first kappa shape index (κ1) is 13.3. The quantitative estimate of drug-likeness (QED) is 0.917. The maximum Gasteiger partial charge on any atom is 0.273 e. The molecule has 1 aromatic carbocycles. The Morgan fingerprint density at radius 2 is 2.05 bits per heavy atom. The fraction of sp³-hybridized carbons (Fsp3) is 0.333. The summed E-state index contributed by atoms with van der Waals surface area (Å²) in [6.07, 6.45) is 1.01. The van der Waals surface area contributed by atoms with Gasteiger partial charge in [0.2, 0.25) is 0 Å². The summed E-state index contributed by atoms with van der Waals surface area (Å²) in [5, 5.41) is 6.60. The van der Waals surface area contributed by atoms with Gasteiger partial charge < -0.3 is 9.84 Å². The van der Waals surface area contributed by atoms with Crippen LogP contribution in [0.2, 0.25) is 0 Å². The van der Waals surface area contributed by atoms with Crippen molar-refractivity contribution >= 4 is 5.91 Å². The minimum atomic E-state index is -0.219. The number of hydrogen-bond donors (Lipinski definition) is 1. The molecule has 19 heavy (non-hydrogen) atoms. The third kappa shape index (κ3) is 3.22. The van der Waals surface area contributed by atoms with Gasteiger partial charge in [-0.15, -0.1) is 0 Å². The summed E-state index contributed by atoms with van der Waals surface area (Å²) in [5.41, 5.74) is 2.68. The Hall–Kier alpha value is -2.10. The van der Waals surface area contributed by atoms with Crippen LogP contribution in [0.5, 0.6) is 0 Å². The molecule has 0 saturated heterocycles. The standard InChI is InChI=1S/C15H18N2O2/c1-4-12-5-7-13(8-6-12)11(3)16-15(18)14-9-10(2)19-17-14/h5-9,11H,4H2,1-3H3,(H,16,18). The fourth-order valence-corrected chi connectivity index (χ4v) is 1.87. The predicted molar refractivity (Wildman–Crippen MR) is 72.9 cm³/mol. The molecule has 0 aliphatic carbocycles. The first-order valence-corrected chi connectivity index (χ1v) is 6.43. The number of hydrogen-bond acceptors (Lipinski definition) is 3. The van der Waals surface area contributed by atoms with Crippen molar-refractivity contribution in [1.29, 1.82) is 0 Å². The van der Waals surface area contributed by atoms with E-state index in [1.807, 2.05) is 19.1 Å². The molecule has 0 saturated carbocycles. The Labute approximate surface area is 112 Å². The van der Waals surface area contributed by atoms with E-state index in [1.165, 1.54) is 5.56 Å². The number of nitrogens with zero attached hydrogens (tertiary/aromatic N) is 1. The lowest BCUT2D eigenvalue weighted by atomic mass is 10.0. The largest absolute Gasteiger partial charge is 0.361 e. The predicted octanol–water partition coefficient (Wildman–Crippen LogP) is 3.04. The normalized spacial score (nSPS) is 12.2. The first-order valence-electron chi connectivity index (χ1n) is 6.43. The molecule has 1 heterocycles. The van der Waals surface area contributed by atoms with Gasteiger partial charge in [0.1, 0.15) is 5.76 Å². The highest BCUT2D eigenvalue weighted by molar-refractivity contribution is 5.92. The van der Waals surface area contributed by atoms with Gasteiger partial charge in [0.15, 0.2) is 5.69 Å². The number of nitrogens with one attached hydrogen (secondary N) is 1. The Kier molecular flexibility index (Phi) is 4.00. The van der Waals surface area contributed by atoms with Gasteiger partial charge >= 0.3 is 0 Å². The van der Waals surface area contributed by atoms with Gasteiger partial charge in [-0.2, -0.15) is 0 Å². The maximum absolute atomic E-state index is 11.9. The van der Waals surface area contributed by atoms with Crippen LogP contribution < -0.4 is 5.32 Å². The molecule has 0 aliphatic heterocycles. The smallest absolute Gasteiger partial charge is 0.273 e. The molecule has 0 fully saturated rings. The minimum Gasteiger partial charge on any atom is -0.361 e. The van der Waals surface area contributed by atoms with Crippen LogP contribution in [0.25, 0.3) is 0 Å². The number of carbonyl (C=O) groups excluding carboxylic acids is 1. The summed E-state index contributed by atoms with van der Waals surface area (Å²) >= 11 is 0. The minimum absolute atomic E-state index is 0.0598. The van der Waals surface area contributed by atoms with Crippen LogP contribution in [-0.2, 0) is 6.42 Å². The van der Waals surface area contributed by atoms with Crippen LogP contribution in [0.3, 0.4) is 0 Å². The summed E-state index contributed by atoms with van der Waals surface area (Å²) in [6, 6.07) is 9.81. The zero-order valence-electron chi connectivity index (χ0n) is 11.4. The molecule has 4 heteroatoms. The number of rotatable bonds is 4. The van der Waals surface area contributed by atoms with Crippen molar-refractivity contribution in [3.8, 4) is 0 Å². The van der Waals surface area contributed by atoms with Crippen molar-refractivity contribution in [3.63, 3.8) is 0 Å². The third-order valence-corrected chi connectivity index (χ3v) is 3.10. The van der Waals surface area contributed by atoms with Crippen molar-refractivity contribution in [1.82, 2.24) is 10.5 Å². The van der Waals surface area contributed by atoms with E-state index in [-0.39, 0.29) is 11.9 Å². The molecular formula is C15H18N2O2. The number of benzene rings is 1. The lowest BCUT2D eigenvalue weighted by Gasteiger charge is -2.13. The van der Waals surface area contributed by atoms with Crippen molar-refractivity contribution in [2.45, 2.75) is 33.2 Å². The number of carbonyl (C=O) groups is 1. The average Bonchev–Trinajstić information content (AvgIpc) is 2.85. The maximum atomic E-state index is 11.9. The van der Waals surface area contributed by atoms with Gasteiger partial charge in [0, 0.05) is 6.07 Å². The van der Waals surface area contributed by atoms with Gasteiger partial charge in [0.25, 0.3) is 5.91 Å². The lowest BCUT2D eigenvalue weighted by molar-refractivity contribution is 0.0930. The molecule has 2 aromatic rings. The van der Waals surface area contributed by atoms with Crippen molar-refractivity contribution in [3.05, 3.63) is 52.9 Å². The highest BCUT2D eigenvalue weighted by Gasteiger charge is 2.14. The monoisotopic (exact) mass is 258 g/mol. The third-order valence-electron chi connectivity index (χ3n) is 3.10. The van der Waals surface area contributed by atoms with Gasteiger partial charge in [0.05, 0.1) is 6.04 Å². The molecule has 1 atom stereocenters. The van der Waals surface area contributed by atoms with E-state index >= 15 is 0 Å². The van der Waals surface area contributed by atoms with E-state index in [1.54, 1.807) is 13.0 Å². The van der Waals surface area contributed by atoms with Crippen LogP contribution in [-0.4, -0.2) is 11.1 Å². The summed E-state index contributed by atoms with van der Waals surface area (Å²) in [7, 11) is 0. The van der Waals surface area contributed by atoms with Gasteiger partial charge in [-0.3, -0.25) is 4.79 Å². The van der Waals surface area contributed by atoms with Crippen LogP contribution in [0.15, 0.2) is 34.9 Å². The van der Waals surface area contributed by atoms with E-state index in [0.717, 1.165) is 12.0 Å². The van der Waals surface area contributed by atoms with E-state index < -0.39 is 0 Å². The van der Waals surface area contributed by atoms with E-state index in [0.29, 0.717) is 11.5 Å². The molecule has 100 valence electrons. The van der Waals surface area contributed by atoms with Crippen molar-refractivity contribution in [2.75, 3.05) is 0 Å². The SMILES string of the molecule is CCc1ccc(C(C)NC(=O)c2cc(C)on2)cc1. The molecule has 0 spiro atoms. The average molecular weight is 258 g/mol. The second-order valence-electron chi connectivity index (χ2n) is 4.61. The molecule has 1 unspecified atom stereocenters. The van der Waals surface area contributed by atoms with Gasteiger partial charge in [-0.05, 0) is 31.4 Å². The summed E-state index contributed by atoms with van der Waals surface area (Å²) in [5.74, 6) is 0.411. The molecule has 2 rings (SSSR count). The van der Waals surface area contributed by atoms with E-state index in [9.17, 15) is 4.79 Å². The first-order chi connectivity index (χ1) is 9.10. The molecule has 0 bridgehead atoms. The summed E-state index contributed by atoms with van der Waals surface area (Å²) in [4.78, 5) is 11.9.